The van der Waals surface area contributed by atoms with Gasteiger partial charge in [-0.2, -0.15) is 0 Å². The predicted octanol–water partition coefficient (Wildman–Crippen LogP) is 0.181. The van der Waals surface area contributed by atoms with Gasteiger partial charge in [-0.1, -0.05) is 6.42 Å². The van der Waals surface area contributed by atoms with Gasteiger partial charge in [0, 0.05) is 31.6 Å². The molecule has 2 saturated heterocycles. The van der Waals surface area contributed by atoms with Crippen molar-refractivity contribution in [1.29, 1.82) is 0 Å². The van der Waals surface area contributed by atoms with Crippen molar-refractivity contribution >= 4 is 11.9 Å². The molecule has 0 aliphatic carbocycles. The Morgan fingerprint density at radius 3 is 2.40 bits per heavy atom. The monoisotopic (exact) mass is 283 g/mol. The van der Waals surface area contributed by atoms with Crippen LogP contribution >= 0.6 is 0 Å². The molecule has 0 aromatic rings. The summed E-state index contributed by atoms with van der Waals surface area (Å²) in [5.74, 6) is -1.29. The van der Waals surface area contributed by atoms with Crippen LogP contribution in [0.5, 0.6) is 0 Å². The van der Waals surface area contributed by atoms with E-state index in [2.05, 4.69) is 22.6 Å². The second kappa shape index (κ2) is 6.54. The molecule has 2 heterocycles. The third-order valence-corrected chi connectivity index (χ3v) is 4.63. The Balaban J connectivity index is 1.84. The van der Waals surface area contributed by atoms with Crippen LogP contribution in [0.1, 0.15) is 39.0 Å². The van der Waals surface area contributed by atoms with Crippen molar-refractivity contribution in [2.75, 3.05) is 13.6 Å². The molecule has 6 heteroatoms. The maximum atomic E-state index is 11.1. The first-order chi connectivity index (χ1) is 9.47. The van der Waals surface area contributed by atoms with Gasteiger partial charge in [-0.05, 0) is 32.7 Å². The summed E-state index contributed by atoms with van der Waals surface area (Å²) >= 11 is 0. The van der Waals surface area contributed by atoms with Gasteiger partial charge >= 0.3 is 5.97 Å². The van der Waals surface area contributed by atoms with E-state index in [9.17, 15) is 9.59 Å². The van der Waals surface area contributed by atoms with Crippen LogP contribution < -0.4 is 10.6 Å². The number of piperidine rings is 2. The van der Waals surface area contributed by atoms with Crippen LogP contribution in [0.3, 0.4) is 0 Å². The molecule has 2 aliphatic rings. The first-order valence-corrected chi connectivity index (χ1v) is 7.42. The smallest absolute Gasteiger partial charge is 0.327 e. The molecule has 3 unspecified atom stereocenters. The minimum atomic E-state index is -0.985. The highest BCUT2D eigenvalue weighted by molar-refractivity contribution is 5.82. The second-order valence-corrected chi connectivity index (χ2v) is 6.07. The number of hydrogen-bond acceptors (Lipinski definition) is 4. The van der Waals surface area contributed by atoms with Gasteiger partial charge in [-0.3, -0.25) is 4.79 Å². The van der Waals surface area contributed by atoms with Crippen molar-refractivity contribution in [2.45, 2.75) is 63.2 Å². The quantitative estimate of drug-likeness (QED) is 0.670. The van der Waals surface area contributed by atoms with Gasteiger partial charge in [0.2, 0.25) is 5.91 Å². The molecule has 2 rings (SSSR count). The summed E-state index contributed by atoms with van der Waals surface area (Å²) in [7, 11) is 2.20. The highest BCUT2D eigenvalue weighted by Crippen LogP contribution is 2.32. The number of hydrogen-bond donors (Lipinski definition) is 3. The molecule has 0 spiro atoms. The number of carboxylic acids is 1. The van der Waals surface area contributed by atoms with E-state index >= 15 is 0 Å². The molecule has 3 N–H and O–H groups in total. The minimum absolute atomic E-state index is 0.294. The van der Waals surface area contributed by atoms with Gasteiger partial charge in [0.05, 0.1) is 0 Å². The molecule has 3 atom stereocenters. The number of nitrogens with one attached hydrogen (secondary N) is 2. The molecule has 6 nitrogen and oxygen atoms in total. The zero-order valence-corrected chi connectivity index (χ0v) is 12.3. The number of rotatable bonds is 5. The Hall–Kier alpha value is -1.14. The third kappa shape index (κ3) is 3.70. The minimum Gasteiger partial charge on any atom is -0.480 e. The van der Waals surface area contributed by atoms with Crippen LogP contribution in [-0.2, 0) is 9.59 Å². The van der Waals surface area contributed by atoms with E-state index in [-0.39, 0.29) is 5.91 Å². The van der Waals surface area contributed by atoms with Crippen molar-refractivity contribution in [2.24, 2.45) is 0 Å². The van der Waals surface area contributed by atoms with Gasteiger partial charge < -0.3 is 20.6 Å². The van der Waals surface area contributed by atoms with E-state index in [1.807, 2.05) is 0 Å². The van der Waals surface area contributed by atoms with E-state index in [0.717, 1.165) is 12.8 Å². The highest BCUT2D eigenvalue weighted by atomic mass is 16.4. The molecule has 114 valence electrons. The highest BCUT2D eigenvalue weighted by Gasteiger charge is 2.36. The summed E-state index contributed by atoms with van der Waals surface area (Å²) in [6.45, 7) is 1.64. The maximum Gasteiger partial charge on any atom is 0.327 e. The average molecular weight is 283 g/mol. The van der Waals surface area contributed by atoms with Gasteiger partial charge in [0.15, 0.2) is 0 Å². The fourth-order valence-corrected chi connectivity index (χ4v) is 3.51. The maximum absolute atomic E-state index is 11.1. The summed E-state index contributed by atoms with van der Waals surface area (Å²) < 4.78 is 0. The zero-order chi connectivity index (χ0) is 14.7. The summed E-state index contributed by atoms with van der Waals surface area (Å²) in [4.78, 5) is 24.6. The number of carbonyl (C=O) groups is 2. The van der Waals surface area contributed by atoms with E-state index < -0.39 is 12.0 Å². The van der Waals surface area contributed by atoms with Crippen molar-refractivity contribution in [1.82, 2.24) is 15.5 Å². The van der Waals surface area contributed by atoms with Crippen molar-refractivity contribution in [3.8, 4) is 0 Å². The number of carboxylic acid groups (broad SMARTS) is 1. The molecule has 2 aliphatic heterocycles. The molecule has 0 saturated carbocycles. The van der Waals surface area contributed by atoms with Gasteiger partial charge in [-0.25, -0.2) is 4.79 Å². The van der Waals surface area contributed by atoms with E-state index in [4.69, 9.17) is 5.11 Å². The fourth-order valence-electron chi connectivity index (χ4n) is 3.51. The molecule has 0 radical (unpaired) electrons. The number of amides is 1. The largest absolute Gasteiger partial charge is 0.480 e. The van der Waals surface area contributed by atoms with Crippen LogP contribution in [0.25, 0.3) is 0 Å². The molecule has 1 amide bonds. The Labute approximate surface area is 119 Å². The molecule has 0 aromatic carbocycles. The van der Waals surface area contributed by atoms with Gasteiger partial charge in [0.25, 0.3) is 0 Å². The zero-order valence-electron chi connectivity index (χ0n) is 12.3. The van der Waals surface area contributed by atoms with Crippen LogP contribution in [0.2, 0.25) is 0 Å². The third-order valence-electron chi connectivity index (χ3n) is 4.63. The van der Waals surface area contributed by atoms with Crippen LogP contribution in [-0.4, -0.2) is 59.6 Å². The molecule has 2 bridgehead atoms. The van der Waals surface area contributed by atoms with E-state index in [1.165, 1.54) is 26.2 Å². The second-order valence-electron chi connectivity index (χ2n) is 6.07. The fraction of sp³-hybridized carbons (Fsp3) is 0.857. The van der Waals surface area contributed by atoms with Crippen LogP contribution in [0.15, 0.2) is 0 Å². The molecule has 0 aromatic heterocycles. The SMILES string of the molecule is CC(=O)NC(CNC1CC2CCCC(C1)N2C)C(=O)O. The first kappa shape index (κ1) is 15.3. The van der Waals surface area contributed by atoms with Crippen LogP contribution in [0, 0.1) is 0 Å². The van der Waals surface area contributed by atoms with Gasteiger partial charge in [-0.15, -0.1) is 0 Å². The first-order valence-electron chi connectivity index (χ1n) is 7.42. The van der Waals surface area contributed by atoms with E-state index in [1.54, 1.807) is 0 Å². The van der Waals surface area contributed by atoms with Crippen LogP contribution in [0.4, 0.5) is 0 Å². The Morgan fingerprint density at radius 2 is 1.90 bits per heavy atom. The van der Waals surface area contributed by atoms with Crippen molar-refractivity contribution in [3.05, 3.63) is 0 Å². The lowest BCUT2D eigenvalue weighted by molar-refractivity contribution is -0.141. The van der Waals surface area contributed by atoms with E-state index in [0.29, 0.717) is 24.7 Å². The number of aliphatic carboxylic acids is 1. The number of carbonyl (C=O) groups excluding carboxylic acids is 1. The number of nitrogens with zero attached hydrogens (tertiary/aromatic N) is 1. The lowest BCUT2D eigenvalue weighted by atomic mass is 9.82. The summed E-state index contributed by atoms with van der Waals surface area (Å²) in [5, 5.41) is 14.9. The summed E-state index contributed by atoms with van der Waals surface area (Å²) in [5.41, 5.74) is 0. The Kier molecular flexibility index (Phi) is 4.99. The Morgan fingerprint density at radius 1 is 1.30 bits per heavy atom. The van der Waals surface area contributed by atoms with Crippen molar-refractivity contribution < 1.29 is 14.7 Å². The lowest BCUT2D eigenvalue weighted by Crippen LogP contribution is -2.56. The molecular weight excluding hydrogens is 258 g/mol. The number of fused-ring (bicyclic) bond motifs is 2. The van der Waals surface area contributed by atoms with Gasteiger partial charge in [0.1, 0.15) is 6.04 Å². The standard InChI is InChI=1S/C14H25N3O3/c1-9(18)16-13(14(19)20)8-15-10-6-11-4-3-5-12(7-10)17(11)2/h10-13,15H,3-8H2,1-2H3,(H,16,18)(H,19,20). The Bertz CT molecular complexity index is 361. The normalized spacial score (nSPS) is 31.6. The predicted molar refractivity (Wildman–Crippen MR) is 75.5 cm³/mol. The molecule has 20 heavy (non-hydrogen) atoms. The average Bonchev–Trinajstić information content (AvgIpc) is 2.34. The topological polar surface area (TPSA) is 81.7 Å². The summed E-state index contributed by atoms with van der Waals surface area (Å²) in [6.07, 6.45) is 5.91. The van der Waals surface area contributed by atoms with Crippen molar-refractivity contribution in [3.63, 3.8) is 0 Å². The molecule has 2 fully saturated rings. The lowest BCUT2D eigenvalue weighted by Gasteiger charge is -2.47. The summed E-state index contributed by atoms with van der Waals surface area (Å²) in [6, 6.07) is 0.747. The molecular formula is C14H25N3O3.